The number of aryl methyl sites for hydroxylation is 1. The molecule has 4 aromatic rings. The molecule has 0 aliphatic carbocycles. The summed E-state index contributed by atoms with van der Waals surface area (Å²) < 4.78 is 11.2. The quantitative estimate of drug-likeness (QED) is 0.396. The van der Waals surface area contributed by atoms with Crippen LogP contribution in [0.15, 0.2) is 39.6 Å². The third-order valence-corrected chi connectivity index (χ3v) is 7.38. The van der Waals surface area contributed by atoms with Gasteiger partial charge in [-0.25, -0.2) is 4.98 Å². The number of fused-ring (bicyclic) bond motifs is 1. The van der Waals surface area contributed by atoms with Gasteiger partial charge in [0.1, 0.15) is 16.7 Å². The Morgan fingerprint density at radius 1 is 1.26 bits per heavy atom. The van der Waals surface area contributed by atoms with Crippen LogP contribution in [0.4, 0.5) is 0 Å². The summed E-state index contributed by atoms with van der Waals surface area (Å²) in [4.78, 5) is 39.2. The Kier molecular flexibility index (Phi) is 6.48. The fourth-order valence-corrected chi connectivity index (χ4v) is 5.41. The summed E-state index contributed by atoms with van der Waals surface area (Å²) in [6, 6.07) is 9.03. The van der Waals surface area contributed by atoms with Gasteiger partial charge in [-0.1, -0.05) is 49.3 Å². The Morgan fingerprint density at radius 3 is 2.77 bits per heavy atom. The average molecular weight is 494 g/mol. The molecule has 10 heteroatoms. The highest BCUT2D eigenvalue weighted by atomic mass is 32.1. The van der Waals surface area contributed by atoms with Crippen molar-refractivity contribution in [3.8, 4) is 11.4 Å². The molecular weight excluding hydrogens is 466 g/mol. The zero-order valence-corrected chi connectivity index (χ0v) is 20.6. The molecule has 1 aromatic carbocycles. The Morgan fingerprint density at radius 2 is 2.06 bits per heavy atom. The average Bonchev–Trinajstić information content (AvgIpc) is 3.59. The molecule has 1 fully saturated rings. The van der Waals surface area contributed by atoms with Crippen molar-refractivity contribution in [2.75, 3.05) is 6.61 Å². The molecule has 182 valence electrons. The van der Waals surface area contributed by atoms with Gasteiger partial charge < -0.3 is 19.6 Å². The number of amides is 1. The molecule has 0 saturated carbocycles. The number of ether oxygens (including phenoxy) is 1. The predicted molar refractivity (Wildman–Crippen MR) is 132 cm³/mol. The molecule has 1 saturated heterocycles. The lowest BCUT2D eigenvalue weighted by Gasteiger charge is -2.18. The summed E-state index contributed by atoms with van der Waals surface area (Å²) in [5, 5.41) is 7.55. The summed E-state index contributed by atoms with van der Waals surface area (Å²) in [6.07, 6.45) is 2.60. The molecule has 2 N–H and O–H groups in total. The van der Waals surface area contributed by atoms with E-state index in [-0.39, 0.29) is 23.5 Å². The highest BCUT2D eigenvalue weighted by Crippen LogP contribution is 2.29. The minimum Gasteiger partial charge on any atom is -0.378 e. The maximum absolute atomic E-state index is 13.3. The summed E-state index contributed by atoms with van der Waals surface area (Å²) in [5.41, 5.74) is 1.21. The minimum atomic E-state index is -0.488. The fraction of sp³-hybridized carbons (Fsp3) is 0.400. The largest absolute Gasteiger partial charge is 0.378 e. The zero-order chi connectivity index (χ0) is 24.5. The molecular formula is C25H27N5O4S. The van der Waals surface area contributed by atoms with Crippen molar-refractivity contribution in [1.29, 1.82) is 0 Å². The van der Waals surface area contributed by atoms with Crippen molar-refractivity contribution in [1.82, 2.24) is 25.4 Å². The molecule has 1 amide bonds. The molecule has 0 unspecified atom stereocenters. The fourth-order valence-electron chi connectivity index (χ4n) is 4.31. The van der Waals surface area contributed by atoms with Crippen molar-refractivity contribution < 1.29 is 14.1 Å². The third-order valence-electron chi connectivity index (χ3n) is 6.19. The number of aromatic nitrogens is 4. The monoisotopic (exact) mass is 493 g/mol. The highest BCUT2D eigenvalue weighted by molar-refractivity contribution is 7.20. The lowest BCUT2D eigenvalue weighted by atomic mass is 10.0. The number of aromatic amines is 1. The molecule has 9 nitrogen and oxygen atoms in total. The van der Waals surface area contributed by atoms with Gasteiger partial charge in [-0.05, 0) is 31.2 Å². The van der Waals surface area contributed by atoms with E-state index >= 15 is 0 Å². The van der Waals surface area contributed by atoms with Crippen molar-refractivity contribution in [2.45, 2.75) is 52.2 Å². The second-order valence-electron chi connectivity index (χ2n) is 9.11. The molecule has 1 aliphatic heterocycles. The van der Waals surface area contributed by atoms with E-state index in [4.69, 9.17) is 9.26 Å². The van der Waals surface area contributed by atoms with Crippen LogP contribution < -0.4 is 10.9 Å². The number of carbonyl (C=O) groups is 1. The van der Waals surface area contributed by atoms with Gasteiger partial charge in [0.05, 0.1) is 16.4 Å². The first-order valence-corrected chi connectivity index (χ1v) is 12.6. The van der Waals surface area contributed by atoms with Gasteiger partial charge in [-0.2, -0.15) is 4.98 Å². The van der Waals surface area contributed by atoms with E-state index in [1.165, 1.54) is 11.3 Å². The topological polar surface area (TPSA) is 123 Å². The summed E-state index contributed by atoms with van der Waals surface area (Å²) in [5.74, 6) is 1.08. The maximum atomic E-state index is 13.3. The number of carbonyl (C=O) groups excluding carboxylic acids is 1. The van der Waals surface area contributed by atoms with Crippen LogP contribution in [0.25, 0.3) is 21.6 Å². The first-order chi connectivity index (χ1) is 16.9. The molecule has 5 rings (SSSR count). The number of benzene rings is 1. The summed E-state index contributed by atoms with van der Waals surface area (Å²) >= 11 is 1.22. The van der Waals surface area contributed by atoms with Crippen LogP contribution in [-0.4, -0.2) is 38.7 Å². The summed E-state index contributed by atoms with van der Waals surface area (Å²) in [6.45, 7) is 6.45. The van der Waals surface area contributed by atoms with Crippen LogP contribution in [0.1, 0.15) is 59.7 Å². The number of hydrogen-bond donors (Lipinski definition) is 2. The SMILES string of the molecule is Cc1c(C(=O)N[C@H](c2nc(-c3ccccc3)no2)C(C)C)sc2nc(C[C@H]3CCCO3)[nH]c(=O)c12. The van der Waals surface area contributed by atoms with E-state index < -0.39 is 6.04 Å². The first kappa shape index (κ1) is 23.4. The van der Waals surface area contributed by atoms with Crippen molar-refractivity contribution >= 4 is 27.5 Å². The lowest BCUT2D eigenvalue weighted by Crippen LogP contribution is -2.32. The summed E-state index contributed by atoms with van der Waals surface area (Å²) in [7, 11) is 0. The van der Waals surface area contributed by atoms with Crippen LogP contribution in [0.2, 0.25) is 0 Å². The Balaban J connectivity index is 1.40. The number of hydrogen-bond acceptors (Lipinski definition) is 8. The van der Waals surface area contributed by atoms with E-state index in [1.54, 1.807) is 6.92 Å². The van der Waals surface area contributed by atoms with E-state index in [0.717, 1.165) is 25.0 Å². The van der Waals surface area contributed by atoms with E-state index in [1.807, 2.05) is 44.2 Å². The number of nitrogens with one attached hydrogen (secondary N) is 2. The van der Waals surface area contributed by atoms with E-state index in [2.05, 4.69) is 25.4 Å². The Hall–Kier alpha value is -3.37. The molecule has 0 radical (unpaired) electrons. The molecule has 4 heterocycles. The molecule has 0 bridgehead atoms. The predicted octanol–water partition coefficient (Wildman–Crippen LogP) is 4.19. The van der Waals surface area contributed by atoms with Gasteiger partial charge in [0.25, 0.3) is 11.5 Å². The van der Waals surface area contributed by atoms with Gasteiger partial charge in [0.2, 0.25) is 11.7 Å². The van der Waals surface area contributed by atoms with Crippen molar-refractivity contribution in [2.24, 2.45) is 5.92 Å². The number of nitrogens with zero attached hydrogens (tertiary/aromatic N) is 3. The molecule has 3 aromatic heterocycles. The number of thiophene rings is 1. The zero-order valence-electron chi connectivity index (χ0n) is 19.8. The smallest absolute Gasteiger partial charge is 0.262 e. The Labute approximate surface area is 205 Å². The second kappa shape index (κ2) is 9.71. The third kappa shape index (κ3) is 4.76. The number of rotatable bonds is 7. The molecule has 1 aliphatic rings. The molecule has 35 heavy (non-hydrogen) atoms. The van der Waals surface area contributed by atoms with Gasteiger partial charge in [0.15, 0.2) is 0 Å². The van der Waals surface area contributed by atoms with E-state index in [9.17, 15) is 9.59 Å². The van der Waals surface area contributed by atoms with Crippen LogP contribution >= 0.6 is 11.3 Å². The van der Waals surface area contributed by atoms with Crippen LogP contribution in [0, 0.1) is 12.8 Å². The molecule has 2 atom stereocenters. The van der Waals surface area contributed by atoms with Crippen molar-refractivity contribution in [3.63, 3.8) is 0 Å². The Bertz CT molecular complexity index is 1400. The molecule has 0 spiro atoms. The van der Waals surface area contributed by atoms with Crippen molar-refractivity contribution in [3.05, 3.63) is 62.8 Å². The standard InChI is InChI=1S/C25H27N5O4S/c1-13(2)19(24-29-21(30-34-24)15-8-5-4-6-9-15)28-23(32)20-14(3)18-22(31)26-17(27-25(18)35-20)12-16-10-7-11-33-16/h4-6,8-9,13,16,19H,7,10-12H2,1-3H3,(H,28,32)(H,26,27,31)/t16-,19+/m1/s1. The minimum absolute atomic E-state index is 0.00255. The maximum Gasteiger partial charge on any atom is 0.262 e. The van der Waals surface area contributed by atoms with Gasteiger partial charge >= 0.3 is 0 Å². The van der Waals surface area contributed by atoms with Gasteiger partial charge in [-0.3, -0.25) is 9.59 Å². The van der Waals surface area contributed by atoms with Gasteiger partial charge in [0, 0.05) is 18.6 Å². The van der Waals surface area contributed by atoms with Crippen LogP contribution in [0.5, 0.6) is 0 Å². The highest BCUT2D eigenvalue weighted by Gasteiger charge is 2.28. The normalized spacial score (nSPS) is 16.7. The van der Waals surface area contributed by atoms with Gasteiger partial charge in [-0.15, -0.1) is 11.3 Å². The van der Waals surface area contributed by atoms with Crippen LogP contribution in [0.3, 0.4) is 0 Å². The number of H-pyrrole nitrogens is 1. The van der Waals surface area contributed by atoms with E-state index in [0.29, 0.717) is 44.6 Å². The second-order valence-corrected chi connectivity index (χ2v) is 10.1. The first-order valence-electron chi connectivity index (χ1n) is 11.7. The lowest BCUT2D eigenvalue weighted by molar-refractivity contribution is 0.0917. The van der Waals surface area contributed by atoms with Crippen LogP contribution in [-0.2, 0) is 11.2 Å².